The van der Waals surface area contributed by atoms with Crippen molar-refractivity contribution >= 4 is 0 Å². The highest BCUT2D eigenvalue weighted by Crippen LogP contribution is 2.83. The quantitative estimate of drug-likeness (QED) is 0.111. The maximum Gasteiger partial charge on any atom is 0.248 e. The number of ether oxygens (including phenoxy) is 1. The minimum absolute atomic E-state index is 0.0798. The molecule has 0 N–H and O–H groups in total. The van der Waals surface area contributed by atoms with Gasteiger partial charge in [-0.2, -0.15) is 0 Å². The van der Waals surface area contributed by atoms with Crippen LogP contribution in [0.25, 0.3) is 45.8 Å². The second-order valence-corrected chi connectivity index (χ2v) is 13.9. The van der Waals surface area contributed by atoms with Crippen LogP contribution in [0, 0.1) is 23.2 Å². The molecule has 1 spiro atoms. The SMILES string of the molecule is CC(C)(C)c1ccc(-c2nnc(-c3cccc(-c4nnc(-c5cccc(OCCCCCC6C7C=CC8CC876)c5)o4)c3)o2)cc1. The first-order chi connectivity index (χ1) is 21.9. The Labute approximate surface area is 263 Å². The van der Waals surface area contributed by atoms with Gasteiger partial charge in [-0.1, -0.05) is 70.0 Å². The van der Waals surface area contributed by atoms with Crippen LogP contribution in [0.4, 0.5) is 0 Å². The Hall–Kier alpha value is -4.52. The van der Waals surface area contributed by atoms with Crippen LogP contribution in [0.3, 0.4) is 0 Å². The summed E-state index contributed by atoms with van der Waals surface area (Å²) in [6.45, 7) is 7.30. The molecular weight excluding hydrogens is 560 g/mol. The largest absolute Gasteiger partial charge is 0.494 e. The van der Waals surface area contributed by atoms with Gasteiger partial charge in [0.05, 0.1) is 6.61 Å². The van der Waals surface area contributed by atoms with Gasteiger partial charge in [-0.25, -0.2) is 0 Å². The van der Waals surface area contributed by atoms with Crippen molar-refractivity contribution in [2.45, 2.75) is 58.3 Å². The molecule has 7 heteroatoms. The molecule has 228 valence electrons. The van der Waals surface area contributed by atoms with E-state index in [4.69, 9.17) is 13.6 Å². The summed E-state index contributed by atoms with van der Waals surface area (Å²) >= 11 is 0. The summed E-state index contributed by atoms with van der Waals surface area (Å²) in [6, 6.07) is 23.8. The number of allylic oxidation sites excluding steroid dienone is 2. The van der Waals surface area contributed by atoms with Crippen molar-refractivity contribution in [1.82, 2.24) is 20.4 Å². The minimum Gasteiger partial charge on any atom is -0.494 e. The van der Waals surface area contributed by atoms with E-state index in [-0.39, 0.29) is 5.41 Å². The van der Waals surface area contributed by atoms with Gasteiger partial charge in [0.2, 0.25) is 23.6 Å². The summed E-state index contributed by atoms with van der Waals surface area (Å²) in [7, 11) is 0. The Morgan fingerprint density at radius 1 is 0.711 bits per heavy atom. The number of nitrogens with zero attached hydrogens (tertiary/aromatic N) is 4. The summed E-state index contributed by atoms with van der Waals surface area (Å²) in [6.07, 6.45) is 11.4. The Morgan fingerprint density at radius 3 is 1.93 bits per heavy atom. The van der Waals surface area contributed by atoms with E-state index in [1.54, 1.807) is 0 Å². The molecule has 4 unspecified atom stereocenters. The predicted molar refractivity (Wildman–Crippen MR) is 173 cm³/mol. The molecule has 3 aliphatic carbocycles. The van der Waals surface area contributed by atoms with Crippen LogP contribution in [0.15, 0.2) is 93.8 Å². The number of hydrogen-bond acceptors (Lipinski definition) is 7. The first-order valence-corrected chi connectivity index (χ1v) is 16.2. The molecule has 2 aromatic heterocycles. The zero-order valence-electron chi connectivity index (χ0n) is 26.1. The lowest BCUT2D eigenvalue weighted by Crippen LogP contribution is -2.10. The maximum absolute atomic E-state index is 6.09. The summed E-state index contributed by atoms with van der Waals surface area (Å²) in [4.78, 5) is 0. The summed E-state index contributed by atoms with van der Waals surface area (Å²) in [5.74, 6) is 5.40. The van der Waals surface area contributed by atoms with Crippen molar-refractivity contribution in [2.75, 3.05) is 6.61 Å². The van der Waals surface area contributed by atoms with Gasteiger partial charge in [-0.05, 0) is 102 Å². The molecule has 3 aromatic carbocycles. The van der Waals surface area contributed by atoms with E-state index >= 15 is 0 Å². The van der Waals surface area contributed by atoms with Crippen LogP contribution >= 0.6 is 0 Å². The molecule has 45 heavy (non-hydrogen) atoms. The lowest BCUT2D eigenvalue weighted by atomic mass is 9.87. The molecule has 7 nitrogen and oxygen atoms in total. The van der Waals surface area contributed by atoms with E-state index in [0.717, 1.165) is 57.6 Å². The van der Waals surface area contributed by atoms with Gasteiger partial charge in [0.1, 0.15) is 5.75 Å². The van der Waals surface area contributed by atoms with Crippen LogP contribution in [-0.4, -0.2) is 27.0 Å². The number of benzene rings is 3. The molecule has 0 saturated heterocycles. The van der Waals surface area contributed by atoms with Crippen molar-refractivity contribution in [3.63, 3.8) is 0 Å². The van der Waals surface area contributed by atoms with Crippen molar-refractivity contribution in [2.24, 2.45) is 23.2 Å². The molecule has 2 fully saturated rings. The number of rotatable bonds is 11. The second kappa shape index (κ2) is 10.8. The number of hydrogen-bond donors (Lipinski definition) is 0. The third-order valence-corrected chi connectivity index (χ3v) is 10.0. The van der Waals surface area contributed by atoms with Gasteiger partial charge >= 0.3 is 0 Å². The maximum atomic E-state index is 6.09. The molecule has 2 saturated carbocycles. The van der Waals surface area contributed by atoms with Gasteiger partial charge in [0, 0.05) is 22.3 Å². The van der Waals surface area contributed by atoms with Crippen LogP contribution in [-0.2, 0) is 5.41 Å². The molecule has 2 heterocycles. The zero-order valence-corrected chi connectivity index (χ0v) is 26.1. The van der Waals surface area contributed by atoms with Crippen LogP contribution in [0.5, 0.6) is 5.75 Å². The van der Waals surface area contributed by atoms with Crippen LogP contribution < -0.4 is 4.74 Å². The molecule has 0 radical (unpaired) electrons. The van der Waals surface area contributed by atoms with Crippen LogP contribution in [0.2, 0.25) is 0 Å². The summed E-state index contributed by atoms with van der Waals surface area (Å²) < 4.78 is 18.2. The fourth-order valence-electron chi connectivity index (χ4n) is 7.33. The highest BCUT2D eigenvalue weighted by Gasteiger charge is 2.77. The first-order valence-electron chi connectivity index (χ1n) is 16.2. The molecule has 8 rings (SSSR count). The third-order valence-electron chi connectivity index (χ3n) is 10.0. The van der Waals surface area contributed by atoms with Crippen molar-refractivity contribution in [3.8, 4) is 51.6 Å². The fourth-order valence-corrected chi connectivity index (χ4v) is 7.33. The Kier molecular flexibility index (Phi) is 6.73. The molecule has 0 aliphatic heterocycles. The van der Waals surface area contributed by atoms with Crippen molar-refractivity contribution < 1.29 is 13.6 Å². The minimum atomic E-state index is 0.0798. The topological polar surface area (TPSA) is 87.1 Å². The van der Waals surface area contributed by atoms with Crippen LogP contribution in [0.1, 0.15) is 58.4 Å². The molecule has 0 amide bonds. The summed E-state index contributed by atoms with van der Waals surface area (Å²) in [5.41, 5.74) is 5.34. The Bertz CT molecular complexity index is 1860. The van der Waals surface area contributed by atoms with E-state index < -0.39 is 0 Å². The monoisotopic (exact) mass is 598 g/mol. The molecular formula is C38H38N4O3. The van der Waals surface area contributed by atoms with Gasteiger partial charge in [-0.15, -0.1) is 20.4 Å². The first kappa shape index (κ1) is 28.0. The Balaban J connectivity index is 0.878. The lowest BCUT2D eigenvalue weighted by molar-refractivity contribution is 0.303. The Morgan fingerprint density at radius 2 is 1.33 bits per heavy atom. The van der Waals surface area contributed by atoms with Gasteiger partial charge in [0.15, 0.2) is 0 Å². The van der Waals surface area contributed by atoms with Crippen molar-refractivity contribution in [1.29, 1.82) is 0 Å². The smallest absolute Gasteiger partial charge is 0.248 e. The summed E-state index contributed by atoms with van der Waals surface area (Å²) in [5, 5.41) is 17.2. The number of aromatic nitrogens is 4. The van der Waals surface area contributed by atoms with E-state index in [9.17, 15) is 0 Å². The highest BCUT2D eigenvalue weighted by molar-refractivity contribution is 5.66. The zero-order chi connectivity index (χ0) is 30.6. The molecule has 4 atom stereocenters. The standard InChI is InChI=1S/C38H38N4O3/c1-37(2,3)28-16-14-24(15-17-28)33-39-40-34(44-33)25-9-7-10-26(21-25)35-41-42-36(45-35)27-11-8-12-30(22-27)43-20-6-4-5-13-31-32-19-18-29-23-38(29,31)32/h7-12,14-19,21-22,29,31-32H,4-6,13,20,23H2,1-3H3. The third kappa shape index (κ3) is 5.28. The van der Waals surface area contributed by atoms with E-state index in [2.05, 4.69) is 65.5 Å². The van der Waals surface area contributed by atoms with E-state index in [0.29, 0.717) is 30.2 Å². The number of unbranched alkanes of at least 4 members (excludes halogenated alkanes) is 2. The fraction of sp³-hybridized carbons (Fsp3) is 0.368. The van der Waals surface area contributed by atoms with Gasteiger partial charge < -0.3 is 13.6 Å². The highest BCUT2D eigenvalue weighted by atomic mass is 16.5. The molecule has 3 aliphatic rings. The lowest BCUT2D eigenvalue weighted by Gasteiger charge is -2.18. The van der Waals surface area contributed by atoms with Gasteiger partial charge in [-0.3, -0.25) is 0 Å². The molecule has 5 aromatic rings. The predicted octanol–water partition coefficient (Wildman–Crippen LogP) is 9.18. The average molecular weight is 599 g/mol. The molecule has 0 bridgehead atoms. The average Bonchev–Trinajstić information content (AvgIpc) is 3.55. The van der Waals surface area contributed by atoms with Crippen molar-refractivity contribution in [3.05, 3.63) is 90.5 Å². The van der Waals surface area contributed by atoms with Gasteiger partial charge in [0.25, 0.3) is 0 Å². The second-order valence-electron chi connectivity index (χ2n) is 13.9. The normalized spacial score (nSPS) is 22.7. The van der Waals surface area contributed by atoms with E-state index in [1.165, 1.54) is 31.2 Å². The van der Waals surface area contributed by atoms with E-state index in [1.807, 2.05) is 60.7 Å².